The summed E-state index contributed by atoms with van der Waals surface area (Å²) >= 11 is 0. The second-order valence-electron chi connectivity index (χ2n) is 6.65. The second-order valence-corrected chi connectivity index (χ2v) is 6.65. The van der Waals surface area contributed by atoms with Crippen molar-refractivity contribution >= 4 is 11.8 Å². The third-order valence-corrected chi connectivity index (χ3v) is 5.86. The predicted octanol–water partition coefficient (Wildman–Crippen LogP) is 1.06. The van der Waals surface area contributed by atoms with Crippen LogP contribution in [0, 0.1) is 23.7 Å². The molecule has 4 aliphatic rings. The summed E-state index contributed by atoms with van der Waals surface area (Å²) in [7, 11) is 0. The van der Waals surface area contributed by atoms with Gasteiger partial charge in [0.15, 0.2) is 0 Å². The zero-order valence-electron chi connectivity index (χ0n) is 11.0. The number of fused-ring (bicyclic) bond motifs is 5. The van der Waals surface area contributed by atoms with Crippen LogP contribution in [-0.4, -0.2) is 28.8 Å². The first-order chi connectivity index (χ1) is 9.18. The van der Waals surface area contributed by atoms with E-state index in [1.807, 2.05) is 0 Å². The topological polar surface area (TPSA) is 63.4 Å². The van der Waals surface area contributed by atoms with Crippen LogP contribution < -0.4 is 5.73 Å². The smallest absolute Gasteiger partial charge is 0.234 e. The Bertz CT molecular complexity index is 449. The first-order valence-electron chi connectivity index (χ1n) is 7.44. The molecule has 19 heavy (non-hydrogen) atoms. The molecular formula is C15H20N2O2. The Hall–Kier alpha value is -1.16. The van der Waals surface area contributed by atoms with Crippen LogP contribution in [0.25, 0.3) is 0 Å². The van der Waals surface area contributed by atoms with Gasteiger partial charge in [0.1, 0.15) is 0 Å². The van der Waals surface area contributed by atoms with E-state index in [0.29, 0.717) is 18.4 Å². The molecule has 4 rings (SSSR count). The summed E-state index contributed by atoms with van der Waals surface area (Å²) in [4.78, 5) is 27.1. The number of nitrogens with two attached hydrogens (primary N) is 1. The van der Waals surface area contributed by atoms with E-state index in [1.165, 1.54) is 0 Å². The first kappa shape index (κ1) is 11.6. The maximum atomic E-state index is 12.8. The Morgan fingerprint density at radius 2 is 1.63 bits per heavy atom. The Kier molecular flexibility index (Phi) is 2.26. The van der Waals surface area contributed by atoms with Gasteiger partial charge in [-0.25, -0.2) is 0 Å². The van der Waals surface area contributed by atoms with Crippen molar-refractivity contribution in [3.8, 4) is 0 Å². The minimum atomic E-state index is -0.363. The number of allylic oxidation sites excluding steroid dienone is 2. The molecule has 4 atom stereocenters. The fourth-order valence-corrected chi connectivity index (χ4v) is 4.92. The van der Waals surface area contributed by atoms with Gasteiger partial charge in [0.25, 0.3) is 0 Å². The molecule has 2 amide bonds. The lowest BCUT2D eigenvalue weighted by Gasteiger charge is -2.37. The van der Waals surface area contributed by atoms with Crippen molar-refractivity contribution in [2.45, 2.75) is 37.6 Å². The molecule has 0 aromatic carbocycles. The molecule has 2 bridgehead atoms. The number of likely N-dealkylation sites (tertiary alicyclic amines) is 1. The molecule has 1 heterocycles. The number of rotatable bonds is 2. The quantitative estimate of drug-likeness (QED) is 0.596. The van der Waals surface area contributed by atoms with Gasteiger partial charge in [-0.3, -0.25) is 14.5 Å². The van der Waals surface area contributed by atoms with Crippen molar-refractivity contribution in [1.29, 1.82) is 0 Å². The number of hydrogen-bond donors (Lipinski definition) is 1. The molecule has 2 N–H and O–H groups in total. The Morgan fingerprint density at radius 1 is 1.11 bits per heavy atom. The number of nitrogens with zero attached hydrogens (tertiary/aromatic N) is 1. The van der Waals surface area contributed by atoms with E-state index in [0.717, 1.165) is 32.1 Å². The lowest BCUT2D eigenvalue weighted by molar-refractivity contribution is -0.147. The maximum absolute atomic E-state index is 12.8. The van der Waals surface area contributed by atoms with E-state index < -0.39 is 0 Å². The standard InChI is InChI=1S/C15H20N2O2/c16-8-15(5-1-2-6-15)17-13(18)11-9-3-4-10(7-9)12(11)14(17)19/h3-4,9-12H,1-2,5-8,16H2. The van der Waals surface area contributed by atoms with Crippen molar-refractivity contribution in [3.63, 3.8) is 0 Å². The number of carbonyl (C=O) groups is 2. The highest BCUT2D eigenvalue weighted by atomic mass is 16.2. The third-order valence-electron chi connectivity index (χ3n) is 5.86. The van der Waals surface area contributed by atoms with Crippen LogP contribution >= 0.6 is 0 Å². The summed E-state index contributed by atoms with van der Waals surface area (Å²) in [5.74, 6) is 0.580. The van der Waals surface area contributed by atoms with Crippen molar-refractivity contribution < 1.29 is 9.59 Å². The van der Waals surface area contributed by atoms with E-state index in [9.17, 15) is 9.59 Å². The molecule has 1 aliphatic heterocycles. The predicted molar refractivity (Wildman–Crippen MR) is 69.8 cm³/mol. The number of carbonyl (C=O) groups excluding carboxylic acids is 2. The van der Waals surface area contributed by atoms with Gasteiger partial charge in [-0.15, -0.1) is 0 Å². The number of imide groups is 1. The van der Waals surface area contributed by atoms with Crippen LogP contribution in [0.15, 0.2) is 12.2 Å². The number of amides is 2. The molecular weight excluding hydrogens is 240 g/mol. The highest BCUT2D eigenvalue weighted by Gasteiger charge is 2.63. The summed E-state index contributed by atoms with van der Waals surface area (Å²) < 4.78 is 0. The van der Waals surface area contributed by atoms with Gasteiger partial charge in [0.2, 0.25) is 11.8 Å². The van der Waals surface area contributed by atoms with Gasteiger partial charge in [0.05, 0.1) is 17.4 Å². The van der Waals surface area contributed by atoms with Gasteiger partial charge < -0.3 is 5.73 Å². The largest absolute Gasteiger partial charge is 0.328 e. The van der Waals surface area contributed by atoms with Gasteiger partial charge >= 0.3 is 0 Å². The van der Waals surface area contributed by atoms with Crippen molar-refractivity contribution in [1.82, 2.24) is 4.90 Å². The van der Waals surface area contributed by atoms with Crippen LogP contribution in [0.2, 0.25) is 0 Å². The van der Waals surface area contributed by atoms with Crippen LogP contribution in [0.3, 0.4) is 0 Å². The molecule has 0 radical (unpaired) electrons. The molecule has 1 saturated heterocycles. The fraction of sp³-hybridized carbons (Fsp3) is 0.733. The summed E-state index contributed by atoms with van der Waals surface area (Å²) in [5, 5.41) is 0. The molecule has 3 aliphatic carbocycles. The zero-order valence-corrected chi connectivity index (χ0v) is 11.0. The van der Waals surface area contributed by atoms with Crippen LogP contribution in [0.1, 0.15) is 32.1 Å². The number of hydrogen-bond acceptors (Lipinski definition) is 3. The fourth-order valence-electron chi connectivity index (χ4n) is 4.92. The molecule has 4 nitrogen and oxygen atoms in total. The minimum Gasteiger partial charge on any atom is -0.328 e. The average molecular weight is 260 g/mol. The van der Waals surface area contributed by atoms with E-state index in [-0.39, 0.29) is 29.2 Å². The average Bonchev–Trinajstić information content (AvgIpc) is 3.14. The van der Waals surface area contributed by atoms with E-state index in [2.05, 4.69) is 12.2 Å². The highest BCUT2D eigenvalue weighted by molar-refractivity contribution is 6.07. The van der Waals surface area contributed by atoms with E-state index >= 15 is 0 Å². The third kappa shape index (κ3) is 1.28. The summed E-state index contributed by atoms with van der Waals surface area (Å²) in [6, 6.07) is 0. The SMILES string of the molecule is NCC1(N2C(=O)C3C4C=CC(C4)C3C2=O)CCCC1. The maximum Gasteiger partial charge on any atom is 0.234 e. The van der Waals surface area contributed by atoms with Gasteiger partial charge in [0, 0.05) is 6.54 Å². The summed E-state index contributed by atoms with van der Waals surface area (Å²) in [6.07, 6.45) is 9.22. The molecule has 4 heteroatoms. The second kappa shape index (κ2) is 3.69. The lowest BCUT2D eigenvalue weighted by Crippen LogP contribution is -2.55. The summed E-state index contributed by atoms with van der Waals surface area (Å²) in [6.45, 7) is 0.423. The molecule has 2 saturated carbocycles. The molecule has 0 aromatic rings. The van der Waals surface area contributed by atoms with Crippen molar-refractivity contribution in [3.05, 3.63) is 12.2 Å². The van der Waals surface area contributed by atoms with Gasteiger partial charge in [-0.2, -0.15) is 0 Å². The molecule has 0 aromatic heterocycles. The van der Waals surface area contributed by atoms with Crippen LogP contribution in [-0.2, 0) is 9.59 Å². The minimum absolute atomic E-state index is 0.0687. The summed E-state index contributed by atoms with van der Waals surface area (Å²) in [5.41, 5.74) is 5.58. The zero-order chi connectivity index (χ0) is 13.2. The van der Waals surface area contributed by atoms with E-state index in [1.54, 1.807) is 4.90 Å². The van der Waals surface area contributed by atoms with Crippen LogP contribution in [0.4, 0.5) is 0 Å². The molecule has 102 valence electrons. The Balaban J connectivity index is 1.72. The highest BCUT2D eigenvalue weighted by Crippen LogP contribution is 2.54. The van der Waals surface area contributed by atoms with Crippen LogP contribution in [0.5, 0.6) is 0 Å². The van der Waals surface area contributed by atoms with Crippen molar-refractivity contribution in [2.24, 2.45) is 29.4 Å². The van der Waals surface area contributed by atoms with Crippen molar-refractivity contribution in [2.75, 3.05) is 6.54 Å². The molecule has 3 fully saturated rings. The first-order valence-corrected chi connectivity index (χ1v) is 7.44. The van der Waals surface area contributed by atoms with Gasteiger partial charge in [-0.1, -0.05) is 25.0 Å². The Morgan fingerprint density at radius 3 is 2.11 bits per heavy atom. The van der Waals surface area contributed by atoms with E-state index in [4.69, 9.17) is 5.73 Å². The normalized spacial score (nSPS) is 42.5. The molecule has 0 spiro atoms. The Labute approximate surface area is 113 Å². The van der Waals surface area contributed by atoms with Gasteiger partial charge in [-0.05, 0) is 31.1 Å². The lowest BCUT2D eigenvalue weighted by atomic mass is 9.85. The molecule has 4 unspecified atom stereocenters. The monoisotopic (exact) mass is 260 g/mol.